The minimum absolute atomic E-state index is 0.00295. The first-order chi connectivity index (χ1) is 32.1. The molecule has 1 aliphatic carbocycles. The number of nitrogens with one attached hydrogen (secondary N) is 4. The topological polar surface area (TPSA) is 182 Å². The number of ether oxygens (including phenoxy) is 2. The van der Waals surface area contributed by atoms with E-state index in [4.69, 9.17) is 9.47 Å². The number of nitrogens with zero attached hydrogens (tertiary/aromatic N) is 4. The van der Waals surface area contributed by atoms with Gasteiger partial charge in [-0.1, -0.05) is 33.8 Å². The molecule has 7 rings (SSSR count). The molecule has 0 radical (unpaired) electrons. The number of rotatable bonds is 18. The molecule has 5 fully saturated rings. The number of hydrogen-bond donors (Lipinski definition) is 4. The maximum Gasteiger partial charge on any atom is 0.251 e. The van der Waals surface area contributed by atoms with Crippen LogP contribution in [0.4, 0.5) is 11.4 Å². The first-order valence-electron chi connectivity index (χ1n) is 24.3. The maximum absolute atomic E-state index is 12.9. The third kappa shape index (κ3) is 14.9. The molecule has 4 amide bonds. The lowest BCUT2D eigenvalue weighted by Gasteiger charge is -2.36. The SMILES string of the molecule is C=CCN1CCN(c2ccc(C(=O)N[C@@H](CC(C)C)C(=O)N[C@@H]3C(=O)CO[C@@H]3C)cc2)CC1.CC(C)C[C@H](NC(=O)c1ccc(N2CCN(CC3CC3)CC2)cc1)C(=O)N[C@@H]1C(=O)CO[C@@H]1C. The van der Waals surface area contributed by atoms with Crippen LogP contribution in [-0.2, 0) is 28.7 Å². The van der Waals surface area contributed by atoms with Gasteiger partial charge in [0.15, 0.2) is 11.6 Å². The van der Waals surface area contributed by atoms with Crippen molar-refractivity contribution in [3.8, 4) is 0 Å². The number of piperazine rings is 2. The van der Waals surface area contributed by atoms with Crippen molar-refractivity contribution in [1.82, 2.24) is 31.1 Å². The van der Waals surface area contributed by atoms with Crippen LogP contribution < -0.4 is 31.1 Å². The molecule has 0 aromatic heterocycles. The van der Waals surface area contributed by atoms with Crippen LogP contribution in [0.1, 0.15) is 87.9 Å². The first kappa shape index (κ1) is 51.2. The van der Waals surface area contributed by atoms with Crippen molar-refractivity contribution in [2.75, 3.05) is 88.5 Å². The summed E-state index contributed by atoms with van der Waals surface area (Å²) in [5, 5.41) is 11.3. The lowest BCUT2D eigenvalue weighted by molar-refractivity contribution is -0.127. The Kier molecular flexibility index (Phi) is 18.5. The number of Topliss-reactive ketones (excluding diaryl/α,β-unsaturated/α-hetero) is 2. The number of benzene rings is 2. The molecule has 4 N–H and O–H groups in total. The average Bonchev–Trinajstić information content (AvgIpc) is 4.01. The molecule has 2 aromatic rings. The first-order valence-corrected chi connectivity index (χ1v) is 24.3. The van der Waals surface area contributed by atoms with E-state index in [1.807, 2.05) is 70.2 Å². The standard InChI is InChI=1S/C26H38N4O4.C25H36N4O4/c1-17(2)14-22(26(33)28-24-18(3)34-16-23(24)31)27-25(32)20-6-8-21(9-7-20)30-12-10-29(11-13-30)15-19-4-5-19;1-5-10-28-11-13-29(14-12-28)20-8-6-19(7-9-20)24(31)26-21(15-17(2)3)25(32)27-23-18(4)33-16-22(23)30/h6-9,17-19,22,24H,4-5,10-16H2,1-3H3,(H,27,32)(H,28,33);5-9,17-18,21,23H,1,10-16H2,2-4H3,(H,26,31)(H,27,32)/t18-,22+,24+;18-,21+,23+/m11/s1. The molecule has 0 spiro atoms. The van der Waals surface area contributed by atoms with E-state index in [0.29, 0.717) is 24.0 Å². The summed E-state index contributed by atoms with van der Waals surface area (Å²) >= 11 is 0. The van der Waals surface area contributed by atoms with Crippen LogP contribution in [0.25, 0.3) is 0 Å². The van der Waals surface area contributed by atoms with E-state index >= 15 is 0 Å². The van der Waals surface area contributed by atoms with Gasteiger partial charge in [-0.15, -0.1) is 6.58 Å². The molecule has 1 saturated carbocycles. The van der Waals surface area contributed by atoms with Crippen LogP contribution >= 0.6 is 0 Å². The van der Waals surface area contributed by atoms with Gasteiger partial charge in [0.2, 0.25) is 11.8 Å². The summed E-state index contributed by atoms with van der Waals surface area (Å²) in [5.74, 6) is -0.280. The van der Waals surface area contributed by atoms with Crippen molar-refractivity contribution < 1.29 is 38.2 Å². The Morgan fingerprint density at radius 1 is 0.627 bits per heavy atom. The molecule has 366 valence electrons. The Morgan fingerprint density at radius 3 is 1.34 bits per heavy atom. The molecule has 0 bridgehead atoms. The molecular weight excluding hydrogens is 853 g/mol. The van der Waals surface area contributed by atoms with Gasteiger partial charge in [0.1, 0.15) is 37.4 Å². The molecule has 67 heavy (non-hydrogen) atoms. The molecule has 4 aliphatic heterocycles. The molecule has 16 nitrogen and oxygen atoms in total. The number of carbonyl (C=O) groups excluding carboxylic acids is 6. The highest BCUT2D eigenvalue weighted by atomic mass is 16.5. The molecule has 5 aliphatic rings. The van der Waals surface area contributed by atoms with Crippen LogP contribution in [-0.4, -0.2) is 160 Å². The van der Waals surface area contributed by atoms with Gasteiger partial charge in [-0.25, -0.2) is 0 Å². The highest BCUT2D eigenvalue weighted by Gasteiger charge is 2.37. The zero-order valence-corrected chi connectivity index (χ0v) is 40.5. The van der Waals surface area contributed by atoms with Crippen molar-refractivity contribution >= 4 is 46.6 Å². The second-order valence-corrected chi connectivity index (χ2v) is 19.6. The lowest BCUT2D eigenvalue weighted by Crippen LogP contribution is -2.53. The average molecular weight is 927 g/mol. The van der Waals surface area contributed by atoms with E-state index in [0.717, 1.165) is 76.2 Å². The van der Waals surface area contributed by atoms with E-state index in [2.05, 4.69) is 47.4 Å². The Bertz CT molecular complexity index is 2010. The lowest BCUT2D eigenvalue weighted by atomic mass is 10.0. The normalized spacial score (nSPS) is 23.3. The van der Waals surface area contributed by atoms with Gasteiger partial charge >= 0.3 is 0 Å². The molecule has 2 aromatic carbocycles. The van der Waals surface area contributed by atoms with Crippen LogP contribution in [0, 0.1) is 17.8 Å². The van der Waals surface area contributed by atoms with E-state index in [1.165, 1.54) is 19.4 Å². The summed E-state index contributed by atoms with van der Waals surface area (Å²) < 4.78 is 10.6. The van der Waals surface area contributed by atoms with Crippen LogP contribution in [0.3, 0.4) is 0 Å². The number of anilines is 2. The summed E-state index contributed by atoms with van der Waals surface area (Å²) in [6.45, 7) is 25.4. The molecule has 4 heterocycles. The Labute approximate surface area is 396 Å². The summed E-state index contributed by atoms with van der Waals surface area (Å²) in [6.07, 6.45) is 4.91. The maximum atomic E-state index is 12.9. The summed E-state index contributed by atoms with van der Waals surface area (Å²) in [7, 11) is 0. The third-order valence-electron chi connectivity index (χ3n) is 13.2. The minimum Gasteiger partial charge on any atom is -0.369 e. The predicted octanol–water partition coefficient (Wildman–Crippen LogP) is 3.45. The predicted molar refractivity (Wildman–Crippen MR) is 259 cm³/mol. The fraction of sp³-hybridized carbons (Fsp3) is 0.608. The van der Waals surface area contributed by atoms with E-state index in [9.17, 15) is 28.8 Å². The highest BCUT2D eigenvalue weighted by Crippen LogP contribution is 2.30. The van der Waals surface area contributed by atoms with Crippen molar-refractivity contribution in [2.24, 2.45) is 17.8 Å². The monoisotopic (exact) mass is 927 g/mol. The van der Waals surface area contributed by atoms with Gasteiger partial charge in [-0.05, 0) is 106 Å². The van der Waals surface area contributed by atoms with Crippen LogP contribution in [0.5, 0.6) is 0 Å². The van der Waals surface area contributed by atoms with Crippen molar-refractivity contribution in [3.63, 3.8) is 0 Å². The van der Waals surface area contributed by atoms with Gasteiger partial charge in [-0.2, -0.15) is 0 Å². The van der Waals surface area contributed by atoms with Crippen molar-refractivity contribution in [1.29, 1.82) is 0 Å². The Morgan fingerprint density at radius 2 is 1.01 bits per heavy atom. The smallest absolute Gasteiger partial charge is 0.251 e. The van der Waals surface area contributed by atoms with Gasteiger partial charge < -0.3 is 40.5 Å². The molecule has 16 heteroatoms. The quantitative estimate of drug-likeness (QED) is 0.160. The van der Waals surface area contributed by atoms with Gasteiger partial charge in [0.05, 0.1) is 12.2 Å². The number of ketones is 2. The Hall–Kier alpha value is -5.16. The van der Waals surface area contributed by atoms with Gasteiger partial charge in [0, 0.05) is 87.9 Å². The summed E-state index contributed by atoms with van der Waals surface area (Å²) in [6, 6.07) is 12.3. The minimum atomic E-state index is -0.726. The van der Waals surface area contributed by atoms with Crippen molar-refractivity contribution in [2.45, 2.75) is 104 Å². The van der Waals surface area contributed by atoms with E-state index in [-0.39, 0.29) is 72.5 Å². The fourth-order valence-corrected chi connectivity index (χ4v) is 8.99. The molecular formula is C51H74N8O8. The Balaban J connectivity index is 0.000000221. The third-order valence-corrected chi connectivity index (χ3v) is 13.2. The van der Waals surface area contributed by atoms with E-state index < -0.39 is 24.2 Å². The summed E-state index contributed by atoms with van der Waals surface area (Å²) in [5.41, 5.74) is 3.22. The second-order valence-electron chi connectivity index (χ2n) is 19.6. The number of amides is 4. The van der Waals surface area contributed by atoms with E-state index in [1.54, 1.807) is 26.0 Å². The fourth-order valence-electron chi connectivity index (χ4n) is 8.99. The number of carbonyl (C=O) groups is 6. The number of hydrogen-bond acceptors (Lipinski definition) is 12. The van der Waals surface area contributed by atoms with Gasteiger partial charge in [0.25, 0.3) is 11.8 Å². The van der Waals surface area contributed by atoms with Gasteiger partial charge in [-0.3, -0.25) is 38.6 Å². The zero-order chi connectivity index (χ0) is 48.2. The molecule has 6 atom stereocenters. The molecule has 0 unspecified atom stereocenters. The largest absolute Gasteiger partial charge is 0.369 e. The van der Waals surface area contributed by atoms with Crippen LogP contribution in [0.2, 0.25) is 0 Å². The highest BCUT2D eigenvalue weighted by molar-refractivity contribution is 6.00. The zero-order valence-electron chi connectivity index (χ0n) is 40.5. The van der Waals surface area contributed by atoms with Crippen molar-refractivity contribution in [3.05, 3.63) is 72.3 Å². The summed E-state index contributed by atoms with van der Waals surface area (Å²) in [4.78, 5) is 85.2. The molecule has 4 saturated heterocycles. The second kappa shape index (κ2) is 24.2. The van der Waals surface area contributed by atoms with Crippen LogP contribution in [0.15, 0.2) is 61.2 Å².